The molecule has 44 heavy (non-hydrogen) atoms. The van der Waals surface area contributed by atoms with E-state index in [9.17, 15) is 9.90 Å². The smallest absolute Gasteiger partial charge is 0.222 e. The molecule has 3 aliphatic rings. The van der Waals surface area contributed by atoms with Gasteiger partial charge in [-0.1, -0.05) is 18.0 Å². The van der Waals surface area contributed by atoms with Gasteiger partial charge in [-0.3, -0.25) is 4.79 Å². The molecule has 0 atom stereocenters. The number of nitrogens with zero attached hydrogens (tertiary/aromatic N) is 8. The van der Waals surface area contributed by atoms with Crippen LogP contribution in [-0.2, 0) is 10.3 Å². The highest BCUT2D eigenvalue weighted by atomic mass is 16.5. The lowest BCUT2D eigenvalue weighted by Crippen LogP contribution is -2.48. The summed E-state index contributed by atoms with van der Waals surface area (Å²) in [5.41, 5.74) is 9.50. The number of aromatic nitrogens is 7. The lowest BCUT2D eigenvalue weighted by molar-refractivity contribution is -0.136. The van der Waals surface area contributed by atoms with Crippen molar-refractivity contribution in [2.24, 2.45) is 11.8 Å². The molecule has 4 aromatic rings. The van der Waals surface area contributed by atoms with Crippen molar-refractivity contribution >= 4 is 22.8 Å². The molecule has 1 saturated heterocycles. The van der Waals surface area contributed by atoms with Crippen LogP contribution in [0.5, 0.6) is 0 Å². The molecule has 4 aromatic heterocycles. The second-order valence-corrected chi connectivity index (χ2v) is 13.9. The van der Waals surface area contributed by atoms with Gasteiger partial charge in [-0.15, -0.1) is 0 Å². The fraction of sp³-hybridized carbons (Fsp3) is 0.594. The van der Waals surface area contributed by atoms with E-state index in [1.807, 2.05) is 22.0 Å². The second-order valence-electron chi connectivity index (χ2n) is 13.9. The summed E-state index contributed by atoms with van der Waals surface area (Å²) >= 11 is 0. The number of fused-ring (bicyclic) bond motifs is 1. The molecular weight excluding hydrogens is 558 g/mol. The maximum atomic E-state index is 12.8. The zero-order valence-corrected chi connectivity index (χ0v) is 25.7. The number of nitrogens with two attached hydrogens (primary N) is 1. The van der Waals surface area contributed by atoms with E-state index in [2.05, 4.69) is 35.9 Å². The Morgan fingerprint density at radius 3 is 2.34 bits per heavy atom. The van der Waals surface area contributed by atoms with Crippen molar-refractivity contribution in [1.29, 1.82) is 0 Å². The average molecular weight is 600 g/mol. The summed E-state index contributed by atoms with van der Waals surface area (Å²) in [7, 11) is 0. The second kappa shape index (κ2) is 11.2. The third-order valence-corrected chi connectivity index (χ3v) is 9.61. The third-order valence-electron chi connectivity index (χ3n) is 9.61. The monoisotopic (exact) mass is 599 g/mol. The van der Waals surface area contributed by atoms with E-state index < -0.39 is 0 Å². The van der Waals surface area contributed by atoms with E-state index in [1.54, 1.807) is 0 Å². The number of anilines is 1. The highest BCUT2D eigenvalue weighted by Crippen LogP contribution is 2.48. The van der Waals surface area contributed by atoms with Crippen LogP contribution in [0.1, 0.15) is 95.3 Å². The van der Waals surface area contributed by atoms with Crippen LogP contribution in [0.3, 0.4) is 0 Å². The molecule has 0 unspecified atom stereocenters. The van der Waals surface area contributed by atoms with Gasteiger partial charge in [0.05, 0.1) is 16.5 Å². The van der Waals surface area contributed by atoms with Crippen molar-refractivity contribution in [2.75, 3.05) is 25.4 Å². The maximum absolute atomic E-state index is 12.8. The van der Waals surface area contributed by atoms with Crippen LogP contribution in [0.2, 0.25) is 0 Å². The number of nitrogen functional groups attached to an aromatic ring is 1. The Morgan fingerprint density at radius 1 is 0.977 bits per heavy atom. The van der Waals surface area contributed by atoms with Gasteiger partial charge in [0.2, 0.25) is 5.91 Å². The van der Waals surface area contributed by atoms with Gasteiger partial charge in [-0.2, -0.15) is 5.10 Å². The van der Waals surface area contributed by atoms with Crippen LogP contribution in [0.15, 0.2) is 23.2 Å². The largest absolute Gasteiger partial charge is 0.396 e. The van der Waals surface area contributed by atoms with Crippen LogP contribution in [-0.4, -0.2) is 70.5 Å². The number of carbonyl (C=O) groups excluding carboxylic acids is 1. The summed E-state index contributed by atoms with van der Waals surface area (Å²) < 4.78 is 7.77. The first kappa shape index (κ1) is 28.8. The van der Waals surface area contributed by atoms with E-state index >= 15 is 0 Å². The summed E-state index contributed by atoms with van der Waals surface area (Å²) in [5.74, 6) is 3.41. The van der Waals surface area contributed by atoms with Gasteiger partial charge in [0.15, 0.2) is 17.2 Å². The predicted octanol–water partition coefficient (Wildman–Crippen LogP) is 4.66. The lowest BCUT2D eigenvalue weighted by Gasteiger charge is -2.39. The van der Waals surface area contributed by atoms with Gasteiger partial charge in [-0.05, 0) is 70.3 Å². The number of likely N-dealkylation sites (tertiary alicyclic amines) is 1. The summed E-state index contributed by atoms with van der Waals surface area (Å²) in [5, 5.41) is 19.4. The van der Waals surface area contributed by atoms with Crippen LogP contribution < -0.4 is 5.73 Å². The standard InChI is InChI=1S/C32H41N9O3/c1-32(2,3)41-31-25(29(33)36-17-37-31)26(38-41)27-24(28(44-39-27)20-9-10-20)30-34-12-21(13-35-30)22-14-40(15-22)23(43)11-8-18-4-6-19(16-42)7-5-18/h12-13,17-20,22,42H,4-11,14-16H2,1-3H3,(H2,33,36,37). The predicted molar refractivity (Wildman–Crippen MR) is 164 cm³/mol. The number of aliphatic hydroxyl groups excluding tert-OH is 1. The quantitative estimate of drug-likeness (QED) is 0.291. The Kier molecular flexibility index (Phi) is 7.34. The number of carbonyl (C=O) groups is 1. The Labute approximate surface area is 256 Å². The Bertz CT molecular complexity index is 1650. The highest BCUT2D eigenvalue weighted by molar-refractivity contribution is 6.00. The topological polar surface area (TPSA) is 162 Å². The van der Waals surface area contributed by atoms with Gasteiger partial charge in [0.25, 0.3) is 0 Å². The molecule has 12 nitrogen and oxygen atoms in total. The van der Waals surface area contributed by atoms with Gasteiger partial charge >= 0.3 is 0 Å². The zero-order valence-electron chi connectivity index (χ0n) is 25.7. The first-order valence-electron chi connectivity index (χ1n) is 15.9. The van der Waals surface area contributed by atoms with Crippen molar-refractivity contribution in [3.63, 3.8) is 0 Å². The minimum atomic E-state index is -0.351. The summed E-state index contributed by atoms with van der Waals surface area (Å²) in [6.07, 6.45) is 13.2. The Balaban J connectivity index is 1.08. The molecule has 5 heterocycles. The minimum Gasteiger partial charge on any atom is -0.396 e. The molecule has 7 rings (SSSR count). The summed E-state index contributed by atoms with van der Waals surface area (Å²) in [4.78, 5) is 33.1. The van der Waals surface area contributed by atoms with Crippen molar-refractivity contribution in [3.05, 3.63) is 30.0 Å². The molecule has 2 saturated carbocycles. The van der Waals surface area contributed by atoms with Gasteiger partial charge in [0, 0.05) is 50.3 Å². The molecule has 232 valence electrons. The van der Waals surface area contributed by atoms with Crippen molar-refractivity contribution in [1.82, 2.24) is 39.8 Å². The molecular formula is C32H41N9O3. The molecule has 1 aliphatic heterocycles. The lowest BCUT2D eigenvalue weighted by atomic mass is 9.80. The zero-order chi connectivity index (χ0) is 30.6. The maximum Gasteiger partial charge on any atom is 0.222 e. The van der Waals surface area contributed by atoms with Crippen molar-refractivity contribution in [2.45, 2.75) is 89.5 Å². The highest BCUT2D eigenvalue weighted by Gasteiger charge is 2.37. The number of hydrogen-bond donors (Lipinski definition) is 2. The molecule has 0 aromatic carbocycles. The molecule has 0 bridgehead atoms. The number of hydrogen-bond acceptors (Lipinski definition) is 10. The number of rotatable bonds is 8. The van der Waals surface area contributed by atoms with E-state index in [0.29, 0.717) is 65.4 Å². The Morgan fingerprint density at radius 2 is 1.68 bits per heavy atom. The van der Waals surface area contributed by atoms with E-state index in [1.165, 1.54) is 6.33 Å². The van der Waals surface area contributed by atoms with E-state index in [0.717, 1.165) is 61.8 Å². The number of aliphatic hydroxyl groups is 1. The van der Waals surface area contributed by atoms with Crippen LogP contribution in [0.4, 0.5) is 5.82 Å². The van der Waals surface area contributed by atoms with Gasteiger partial charge in [0.1, 0.15) is 23.5 Å². The molecule has 3 fully saturated rings. The first-order chi connectivity index (χ1) is 21.2. The summed E-state index contributed by atoms with van der Waals surface area (Å²) in [6, 6.07) is 0. The third kappa shape index (κ3) is 5.33. The Hall–Kier alpha value is -3.93. The minimum absolute atomic E-state index is 0.223. The average Bonchev–Trinajstić information content (AvgIpc) is 3.61. The van der Waals surface area contributed by atoms with Crippen molar-refractivity contribution in [3.8, 4) is 22.8 Å². The molecule has 1 amide bonds. The number of amides is 1. The van der Waals surface area contributed by atoms with Gasteiger partial charge < -0.3 is 20.3 Å². The molecule has 2 aliphatic carbocycles. The van der Waals surface area contributed by atoms with Crippen molar-refractivity contribution < 1.29 is 14.4 Å². The fourth-order valence-corrected chi connectivity index (χ4v) is 6.67. The molecule has 0 spiro atoms. The van der Waals surface area contributed by atoms with Gasteiger partial charge in [-0.25, -0.2) is 24.6 Å². The van der Waals surface area contributed by atoms with Crippen LogP contribution in [0, 0.1) is 11.8 Å². The van der Waals surface area contributed by atoms with Crippen LogP contribution >= 0.6 is 0 Å². The normalized spacial score (nSPS) is 21.1. The SMILES string of the molecule is CC(C)(C)n1nc(-c2noc(C3CC3)c2-c2ncc(C3CN(C(=O)CCC4CCC(CO)CC4)C3)cn2)c2c(N)ncnc21. The van der Waals surface area contributed by atoms with E-state index in [4.69, 9.17) is 25.3 Å². The molecule has 0 radical (unpaired) electrons. The molecule has 12 heteroatoms. The van der Waals surface area contributed by atoms with Crippen LogP contribution in [0.25, 0.3) is 33.8 Å². The summed E-state index contributed by atoms with van der Waals surface area (Å²) in [6.45, 7) is 7.85. The first-order valence-corrected chi connectivity index (χ1v) is 15.9. The van der Waals surface area contributed by atoms with E-state index in [-0.39, 0.29) is 29.9 Å². The fourth-order valence-electron chi connectivity index (χ4n) is 6.67. The molecule has 3 N–H and O–H groups in total.